The number of hydrogen-bond donors (Lipinski definition) is 1. The van der Waals surface area contributed by atoms with Crippen molar-refractivity contribution in [1.29, 1.82) is 0 Å². The van der Waals surface area contributed by atoms with E-state index in [4.69, 9.17) is 0 Å². The van der Waals surface area contributed by atoms with E-state index in [1.165, 1.54) is 25.7 Å². The zero-order valence-electron chi connectivity index (χ0n) is 17.4. The summed E-state index contributed by atoms with van der Waals surface area (Å²) in [6, 6.07) is 8.13. The van der Waals surface area contributed by atoms with Gasteiger partial charge in [-0.05, 0) is 43.4 Å². The minimum absolute atomic E-state index is 0. The van der Waals surface area contributed by atoms with Crippen LogP contribution in [0, 0.1) is 13.3 Å². The van der Waals surface area contributed by atoms with Gasteiger partial charge in [0, 0.05) is 19.3 Å². The number of aromatic nitrogens is 6. The van der Waals surface area contributed by atoms with E-state index in [9.17, 15) is 4.79 Å². The molecule has 1 N–H and O–H groups in total. The molecule has 0 atom stereocenters. The molecular formula is C20H22N7NaO2. The number of imidazole rings is 1. The van der Waals surface area contributed by atoms with E-state index in [-0.39, 0.29) is 35.2 Å². The van der Waals surface area contributed by atoms with Crippen LogP contribution in [-0.2, 0) is 7.05 Å². The molecule has 0 amide bonds. The molecule has 5 rings (SSSR count). The number of nitrogens with one attached hydrogen (secondary N) is 1. The Morgan fingerprint density at radius 3 is 2.60 bits per heavy atom. The van der Waals surface area contributed by atoms with Gasteiger partial charge in [0.25, 0.3) is 0 Å². The van der Waals surface area contributed by atoms with Gasteiger partial charge in [0.05, 0.1) is 23.3 Å². The van der Waals surface area contributed by atoms with E-state index in [0.29, 0.717) is 17.6 Å². The monoisotopic (exact) mass is 415 g/mol. The fourth-order valence-electron chi connectivity index (χ4n) is 3.50. The number of nitrogens with zero attached hydrogens (tertiary/aromatic N) is 6. The summed E-state index contributed by atoms with van der Waals surface area (Å²) in [5, 5.41) is 6.67. The molecule has 0 radical (unpaired) electrons. The zero-order chi connectivity index (χ0) is 20.2. The molecule has 1 fully saturated rings. The largest absolute Gasteiger partial charge is 1.00 e. The van der Waals surface area contributed by atoms with Crippen LogP contribution in [0.2, 0.25) is 0 Å². The summed E-state index contributed by atoms with van der Waals surface area (Å²) in [4.78, 5) is 24.8. The number of aryl methyl sites for hydroxylation is 2. The molecule has 4 aromatic heterocycles. The number of fused-ring (bicyclic) bond motifs is 1. The van der Waals surface area contributed by atoms with Crippen LogP contribution >= 0.6 is 0 Å². The summed E-state index contributed by atoms with van der Waals surface area (Å²) in [6.07, 6.45) is 10.7. The summed E-state index contributed by atoms with van der Waals surface area (Å²) >= 11 is 0. The minimum atomic E-state index is -0.114. The first kappa shape index (κ1) is 22.2. The van der Waals surface area contributed by atoms with Gasteiger partial charge in [-0.1, -0.05) is 19.8 Å². The molecule has 0 unspecified atom stereocenters. The maximum atomic E-state index is 12.5. The molecule has 0 bridgehead atoms. The Hall–Kier alpha value is -2.49. The molecule has 1 aliphatic rings. The molecule has 0 aliphatic heterocycles. The average Bonchev–Trinajstić information content (AvgIpc) is 3.47. The van der Waals surface area contributed by atoms with Crippen LogP contribution in [0.5, 0.6) is 0 Å². The van der Waals surface area contributed by atoms with Gasteiger partial charge in [0.15, 0.2) is 5.65 Å². The van der Waals surface area contributed by atoms with Crippen molar-refractivity contribution in [2.45, 2.75) is 38.6 Å². The van der Waals surface area contributed by atoms with Gasteiger partial charge in [0.1, 0.15) is 5.82 Å². The second-order valence-corrected chi connectivity index (χ2v) is 6.96. The number of hydrogen-bond acceptors (Lipinski definition) is 7. The fraction of sp³-hybridized carbons (Fsp3) is 0.350. The Balaban J connectivity index is 0.000000317. The van der Waals surface area contributed by atoms with E-state index < -0.39 is 0 Å². The van der Waals surface area contributed by atoms with Gasteiger partial charge in [-0.3, -0.25) is 9.13 Å². The zero-order valence-corrected chi connectivity index (χ0v) is 19.4. The third-order valence-electron chi connectivity index (χ3n) is 4.94. The molecule has 4 aromatic rings. The normalized spacial score (nSPS) is 13.5. The smallest absolute Gasteiger partial charge is 0.450 e. The quantitative estimate of drug-likeness (QED) is 0.361. The minimum Gasteiger partial charge on any atom is -0.450 e. The van der Waals surface area contributed by atoms with E-state index >= 15 is 0 Å². The molecule has 30 heavy (non-hydrogen) atoms. The molecule has 1 saturated carbocycles. The fourth-order valence-corrected chi connectivity index (χ4v) is 3.50. The van der Waals surface area contributed by atoms with Crippen molar-refractivity contribution in [3.05, 3.63) is 59.4 Å². The molecule has 150 valence electrons. The standard InChI is InChI=1S/C17H19N5O.C3H3N2O.Na/c1-21-16-14(7-4-10-18-16)22(17(21)23)13-8-9-15(19-11-13)20-12-5-2-3-6-12;1-3-4-2-5-6-3;/h4,7-12H,2-3,5-6H2,1H3,(H,19,20);1H3;/q;-1;+1. The van der Waals surface area contributed by atoms with Crippen molar-refractivity contribution in [3.63, 3.8) is 0 Å². The van der Waals surface area contributed by atoms with Crippen LogP contribution in [0.4, 0.5) is 5.82 Å². The van der Waals surface area contributed by atoms with E-state index in [0.717, 1.165) is 17.0 Å². The SMILES string of the molecule is Cc1n[c-]no1.Cn1c(=O)n(-c2ccc(NC3CCCC3)nc2)c2cccnc21.[Na+]. The molecule has 0 saturated heterocycles. The predicted octanol–water partition coefficient (Wildman–Crippen LogP) is -0.344. The van der Waals surface area contributed by atoms with Crippen molar-refractivity contribution in [3.8, 4) is 5.69 Å². The first-order valence-corrected chi connectivity index (χ1v) is 9.55. The maximum Gasteiger partial charge on any atom is 1.00 e. The molecule has 1 aliphatic carbocycles. The molecule has 4 heterocycles. The van der Waals surface area contributed by atoms with Gasteiger partial charge in [0.2, 0.25) is 0 Å². The van der Waals surface area contributed by atoms with Crippen molar-refractivity contribution >= 4 is 17.0 Å². The number of rotatable bonds is 3. The van der Waals surface area contributed by atoms with E-state index in [1.54, 1.807) is 35.5 Å². The molecular weight excluding hydrogens is 393 g/mol. The Kier molecular flexibility index (Phi) is 7.41. The van der Waals surface area contributed by atoms with Crippen LogP contribution in [-0.4, -0.2) is 35.3 Å². The van der Waals surface area contributed by atoms with Gasteiger partial charge >= 0.3 is 35.2 Å². The number of anilines is 1. The van der Waals surface area contributed by atoms with Crippen molar-refractivity contribution < 1.29 is 34.1 Å². The second kappa shape index (κ2) is 10.0. The van der Waals surface area contributed by atoms with Crippen molar-refractivity contribution in [2.75, 3.05) is 5.32 Å². The van der Waals surface area contributed by atoms with Crippen LogP contribution in [0.25, 0.3) is 16.9 Å². The van der Waals surface area contributed by atoms with Crippen LogP contribution in [0.15, 0.2) is 46.0 Å². The molecule has 10 heteroatoms. The molecule has 0 aromatic carbocycles. The van der Waals surface area contributed by atoms with Crippen molar-refractivity contribution in [2.24, 2.45) is 7.05 Å². The van der Waals surface area contributed by atoms with Crippen LogP contribution in [0.1, 0.15) is 31.6 Å². The summed E-state index contributed by atoms with van der Waals surface area (Å²) in [6.45, 7) is 1.71. The van der Waals surface area contributed by atoms with E-state index in [2.05, 4.69) is 36.3 Å². The predicted molar refractivity (Wildman–Crippen MR) is 108 cm³/mol. The second-order valence-electron chi connectivity index (χ2n) is 6.96. The summed E-state index contributed by atoms with van der Waals surface area (Å²) < 4.78 is 7.62. The summed E-state index contributed by atoms with van der Waals surface area (Å²) in [5.41, 5.74) is 2.10. The molecule has 9 nitrogen and oxygen atoms in total. The van der Waals surface area contributed by atoms with E-state index in [1.807, 2.05) is 24.3 Å². The third-order valence-corrected chi connectivity index (χ3v) is 4.94. The van der Waals surface area contributed by atoms with Crippen LogP contribution in [0.3, 0.4) is 0 Å². The van der Waals surface area contributed by atoms with Crippen molar-refractivity contribution in [1.82, 2.24) is 29.2 Å². The van der Waals surface area contributed by atoms with Gasteiger partial charge < -0.3 is 14.8 Å². The van der Waals surface area contributed by atoms with Gasteiger partial charge in [-0.2, -0.15) is 5.16 Å². The Labute approximate surface area is 195 Å². The molecule has 0 spiro atoms. The Morgan fingerprint density at radius 1 is 1.20 bits per heavy atom. The van der Waals surface area contributed by atoms with Gasteiger partial charge in [-0.25, -0.2) is 14.8 Å². The average molecular weight is 415 g/mol. The summed E-state index contributed by atoms with van der Waals surface area (Å²) in [5.74, 6) is 1.42. The van der Waals surface area contributed by atoms with Crippen LogP contribution < -0.4 is 40.6 Å². The number of pyridine rings is 2. The maximum absolute atomic E-state index is 12.5. The first-order chi connectivity index (χ1) is 14.1. The first-order valence-electron chi connectivity index (χ1n) is 9.55. The third kappa shape index (κ3) is 4.80. The topological polar surface area (TPSA) is 104 Å². The Morgan fingerprint density at radius 2 is 2.00 bits per heavy atom. The summed E-state index contributed by atoms with van der Waals surface area (Å²) in [7, 11) is 1.73. The Bertz CT molecular complexity index is 1130. The van der Waals surface area contributed by atoms with Gasteiger partial charge in [-0.15, -0.1) is 0 Å².